The van der Waals surface area contributed by atoms with Crippen molar-refractivity contribution in [2.45, 2.75) is 12.5 Å². The summed E-state index contributed by atoms with van der Waals surface area (Å²) in [5, 5.41) is 0. The van der Waals surface area contributed by atoms with Crippen molar-refractivity contribution in [3.63, 3.8) is 0 Å². The molecule has 1 aromatic carbocycles. The number of likely N-dealkylation sites (N-methyl/N-ethyl adjacent to an activating group) is 1. The molecule has 84 valence electrons. The second kappa shape index (κ2) is 5.94. The van der Waals surface area contributed by atoms with E-state index in [4.69, 9.17) is 12.2 Å². The quantitative estimate of drug-likeness (QED) is 0.751. The molecule has 0 radical (unpaired) electrons. The van der Waals surface area contributed by atoms with Gasteiger partial charge in [-0.1, -0.05) is 36.3 Å². The number of terminal acetylenes is 1. The molecular formula is C13H16N2O. The number of amides is 1. The predicted molar refractivity (Wildman–Crippen MR) is 64.6 cm³/mol. The van der Waals surface area contributed by atoms with E-state index in [1.54, 1.807) is 7.05 Å². The average Bonchev–Trinajstić information content (AvgIpc) is 2.29. The van der Waals surface area contributed by atoms with Crippen LogP contribution in [0.2, 0.25) is 0 Å². The molecular weight excluding hydrogens is 200 g/mol. The molecule has 0 spiro atoms. The van der Waals surface area contributed by atoms with Crippen molar-refractivity contribution in [3.05, 3.63) is 35.9 Å². The van der Waals surface area contributed by atoms with E-state index in [9.17, 15) is 4.79 Å². The van der Waals surface area contributed by atoms with Gasteiger partial charge in [-0.2, -0.15) is 0 Å². The minimum absolute atomic E-state index is 0.123. The fourth-order valence-electron chi connectivity index (χ4n) is 1.45. The molecule has 0 aliphatic heterocycles. The third-order valence-electron chi connectivity index (χ3n) is 2.32. The third-order valence-corrected chi connectivity index (χ3v) is 2.32. The fourth-order valence-corrected chi connectivity index (χ4v) is 1.45. The summed E-state index contributed by atoms with van der Waals surface area (Å²) in [4.78, 5) is 13.2. The topological polar surface area (TPSA) is 46.3 Å². The van der Waals surface area contributed by atoms with Crippen molar-refractivity contribution in [2.24, 2.45) is 5.73 Å². The molecule has 0 heterocycles. The van der Waals surface area contributed by atoms with Gasteiger partial charge in [0.25, 0.3) is 0 Å². The Morgan fingerprint density at radius 3 is 2.69 bits per heavy atom. The number of nitrogens with two attached hydrogens (primary N) is 1. The summed E-state index contributed by atoms with van der Waals surface area (Å²) >= 11 is 0. The summed E-state index contributed by atoms with van der Waals surface area (Å²) in [5.41, 5.74) is 6.87. The van der Waals surface area contributed by atoms with Crippen LogP contribution >= 0.6 is 0 Å². The first kappa shape index (κ1) is 12.3. The lowest BCUT2D eigenvalue weighted by Gasteiger charge is -2.19. The van der Waals surface area contributed by atoms with Gasteiger partial charge in [0, 0.05) is 7.05 Å². The Balaban J connectivity index is 2.56. The van der Waals surface area contributed by atoms with Crippen LogP contribution in [0, 0.1) is 12.3 Å². The second-order valence-corrected chi connectivity index (χ2v) is 3.69. The summed E-state index contributed by atoms with van der Waals surface area (Å²) in [6, 6.07) is 9.17. The number of carbonyl (C=O) groups excluding carboxylic acids is 1. The molecule has 0 aliphatic carbocycles. The normalized spacial score (nSPS) is 11.6. The molecule has 1 aromatic rings. The monoisotopic (exact) mass is 216 g/mol. The van der Waals surface area contributed by atoms with E-state index < -0.39 is 6.04 Å². The Morgan fingerprint density at radius 1 is 1.50 bits per heavy atom. The number of rotatable bonds is 4. The average molecular weight is 216 g/mol. The van der Waals surface area contributed by atoms with E-state index in [1.165, 1.54) is 4.90 Å². The van der Waals surface area contributed by atoms with Gasteiger partial charge < -0.3 is 10.6 Å². The minimum Gasteiger partial charge on any atom is -0.333 e. The molecule has 1 amide bonds. The van der Waals surface area contributed by atoms with Gasteiger partial charge in [0.1, 0.15) is 0 Å². The van der Waals surface area contributed by atoms with E-state index in [1.807, 2.05) is 30.3 Å². The van der Waals surface area contributed by atoms with E-state index >= 15 is 0 Å². The van der Waals surface area contributed by atoms with Gasteiger partial charge in [-0.25, -0.2) is 0 Å². The van der Waals surface area contributed by atoms with Crippen LogP contribution in [0.25, 0.3) is 0 Å². The van der Waals surface area contributed by atoms with E-state index in [0.29, 0.717) is 13.0 Å². The zero-order valence-electron chi connectivity index (χ0n) is 9.39. The van der Waals surface area contributed by atoms with Crippen LogP contribution in [-0.2, 0) is 11.2 Å². The molecule has 2 N–H and O–H groups in total. The lowest BCUT2D eigenvalue weighted by Crippen LogP contribution is -2.43. The number of benzene rings is 1. The Bertz CT molecular complexity index is 381. The summed E-state index contributed by atoms with van der Waals surface area (Å²) < 4.78 is 0. The van der Waals surface area contributed by atoms with Crippen LogP contribution in [0.5, 0.6) is 0 Å². The van der Waals surface area contributed by atoms with Crippen LogP contribution in [0.1, 0.15) is 5.56 Å². The van der Waals surface area contributed by atoms with Gasteiger partial charge in [0.2, 0.25) is 5.91 Å². The Hall–Kier alpha value is -1.79. The summed E-state index contributed by atoms with van der Waals surface area (Å²) in [5.74, 6) is 2.29. The summed E-state index contributed by atoms with van der Waals surface area (Å²) in [6.07, 6.45) is 5.67. The van der Waals surface area contributed by atoms with Gasteiger partial charge in [-0.15, -0.1) is 6.42 Å². The molecule has 0 saturated carbocycles. The highest BCUT2D eigenvalue weighted by molar-refractivity contribution is 5.81. The fraction of sp³-hybridized carbons (Fsp3) is 0.308. The van der Waals surface area contributed by atoms with Crippen molar-refractivity contribution in [1.82, 2.24) is 4.90 Å². The largest absolute Gasteiger partial charge is 0.333 e. The van der Waals surface area contributed by atoms with Gasteiger partial charge >= 0.3 is 0 Å². The number of carbonyl (C=O) groups is 1. The lowest BCUT2D eigenvalue weighted by molar-refractivity contribution is -0.130. The zero-order valence-corrected chi connectivity index (χ0v) is 9.39. The molecule has 0 unspecified atom stereocenters. The van der Waals surface area contributed by atoms with Crippen LogP contribution in [0.15, 0.2) is 30.3 Å². The molecule has 0 bridgehead atoms. The summed E-state index contributed by atoms with van der Waals surface area (Å²) in [7, 11) is 1.66. The highest BCUT2D eigenvalue weighted by Crippen LogP contribution is 2.03. The molecule has 3 nitrogen and oxygen atoms in total. The van der Waals surface area contributed by atoms with E-state index in [0.717, 1.165) is 5.56 Å². The Kier molecular flexibility index (Phi) is 4.56. The maximum atomic E-state index is 11.7. The molecule has 1 atom stereocenters. The molecule has 0 saturated heterocycles. The van der Waals surface area contributed by atoms with Gasteiger partial charge in [0.15, 0.2) is 0 Å². The number of hydrogen-bond acceptors (Lipinski definition) is 2. The maximum Gasteiger partial charge on any atom is 0.240 e. The van der Waals surface area contributed by atoms with Crippen molar-refractivity contribution < 1.29 is 4.79 Å². The first-order valence-electron chi connectivity index (χ1n) is 5.13. The molecule has 16 heavy (non-hydrogen) atoms. The van der Waals surface area contributed by atoms with Crippen LogP contribution in [0.4, 0.5) is 0 Å². The van der Waals surface area contributed by atoms with Crippen molar-refractivity contribution in [3.8, 4) is 12.3 Å². The number of nitrogens with zero attached hydrogens (tertiary/aromatic N) is 1. The van der Waals surface area contributed by atoms with Gasteiger partial charge in [0.05, 0.1) is 12.6 Å². The van der Waals surface area contributed by atoms with Crippen molar-refractivity contribution in [2.75, 3.05) is 13.6 Å². The van der Waals surface area contributed by atoms with E-state index in [2.05, 4.69) is 5.92 Å². The molecule has 0 aliphatic rings. The van der Waals surface area contributed by atoms with Crippen molar-refractivity contribution >= 4 is 5.91 Å². The number of hydrogen-bond donors (Lipinski definition) is 1. The molecule has 0 aromatic heterocycles. The lowest BCUT2D eigenvalue weighted by atomic mass is 10.1. The smallest absolute Gasteiger partial charge is 0.240 e. The maximum absolute atomic E-state index is 11.7. The van der Waals surface area contributed by atoms with Crippen LogP contribution < -0.4 is 5.73 Å². The van der Waals surface area contributed by atoms with Gasteiger partial charge in [-0.05, 0) is 12.0 Å². The molecule has 0 fully saturated rings. The highest BCUT2D eigenvalue weighted by Gasteiger charge is 2.17. The Labute approximate surface area is 96.2 Å². The van der Waals surface area contributed by atoms with Crippen molar-refractivity contribution in [1.29, 1.82) is 0 Å². The first-order valence-corrected chi connectivity index (χ1v) is 5.13. The zero-order chi connectivity index (χ0) is 12.0. The van der Waals surface area contributed by atoms with Crippen LogP contribution in [0.3, 0.4) is 0 Å². The standard InChI is InChI=1S/C13H16N2O/c1-3-9-15(2)13(16)12(14)10-11-7-5-4-6-8-11/h1,4-8,12H,9-10,14H2,2H3/t12-/m0/s1. The summed E-state index contributed by atoms with van der Waals surface area (Å²) in [6.45, 7) is 0.293. The SMILES string of the molecule is C#CCN(C)C(=O)[C@@H](N)Cc1ccccc1. The van der Waals surface area contributed by atoms with Crippen LogP contribution in [-0.4, -0.2) is 30.4 Å². The highest BCUT2D eigenvalue weighted by atomic mass is 16.2. The second-order valence-electron chi connectivity index (χ2n) is 3.69. The third kappa shape index (κ3) is 3.41. The molecule has 1 rings (SSSR count). The first-order chi connectivity index (χ1) is 7.65. The molecule has 3 heteroatoms. The van der Waals surface area contributed by atoms with E-state index in [-0.39, 0.29) is 5.91 Å². The predicted octanol–water partition coefficient (Wildman–Crippen LogP) is 0.648. The Morgan fingerprint density at radius 2 is 2.12 bits per heavy atom. The van der Waals surface area contributed by atoms with Gasteiger partial charge in [-0.3, -0.25) is 4.79 Å². The minimum atomic E-state index is -0.527.